The van der Waals surface area contributed by atoms with Gasteiger partial charge in [-0.15, -0.1) is 0 Å². The number of ether oxygens (including phenoxy) is 1. The molecule has 2 aromatic carbocycles. The van der Waals surface area contributed by atoms with Crippen molar-refractivity contribution >= 4 is 22.5 Å². The summed E-state index contributed by atoms with van der Waals surface area (Å²) < 4.78 is 39.3. The highest BCUT2D eigenvalue weighted by Crippen LogP contribution is 2.35. The van der Waals surface area contributed by atoms with Crippen LogP contribution in [0, 0.1) is 6.92 Å². The number of piperidine rings is 1. The topological polar surface area (TPSA) is 74.9 Å². The molecule has 0 amide bonds. The average molecular weight is 501 g/mol. The maximum absolute atomic E-state index is 13.7. The van der Waals surface area contributed by atoms with Crippen LogP contribution >= 0.6 is 0 Å². The zero-order valence-electron chi connectivity index (χ0n) is 21.4. The molecule has 1 saturated heterocycles. The van der Waals surface area contributed by atoms with E-state index in [1.54, 1.807) is 17.0 Å². The van der Waals surface area contributed by atoms with Crippen LogP contribution < -0.4 is 15.6 Å². The number of anilines is 2. The molecule has 1 unspecified atom stereocenters. The first-order valence-corrected chi connectivity index (χ1v) is 12.3. The summed E-state index contributed by atoms with van der Waals surface area (Å²) in [6, 6.07) is 12.2. The minimum atomic E-state index is -2.69. The van der Waals surface area contributed by atoms with Crippen molar-refractivity contribution in [3.8, 4) is 0 Å². The lowest BCUT2D eigenvalue weighted by Crippen LogP contribution is -2.39. The number of fused-ring (bicyclic) bond motifs is 1. The summed E-state index contributed by atoms with van der Waals surface area (Å²) in [5, 5.41) is 14.6. The third kappa shape index (κ3) is 5.87. The van der Waals surface area contributed by atoms with Crippen LogP contribution in [0.25, 0.3) is 11.0 Å². The Balaban J connectivity index is 1.70. The van der Waals surface area contributed by atoms with E-state index >= 15 is 0 Å². The van der Waals surface area contributed by atoms with Gasteiger partial charge in [0.25, 0.3) is 5.92 Å². The first kappa shape index (κ1) is 26.1. The Morgan fingerprint density at radius 1 is 1.11 bits per heavy atom. The molecule has 0 aliphatic carbocycles. The number of nitrogens with zero attached hydrogens (tertiary/aromatic N) is 1. The van der Waals surface area contributed by atoms with Crippen molar-refractivity contribution in [1.82, 2.24) is 0 Å². The molecule has 2 N–H and O–H groups in total. The summed E-state index contributed by atoms with van der Waals surface area (Å²) in [4.78, 5) is 14.7. The number of aryl methyl sites for hydroxylation is 1. The third-order valence-corrected chi connectivity index (χ3v) is 6.33. The second kappa shape index (κ2) is 9.82. The third-order valence-electron chi connectivity index (χ3n) is 6.33. The van der Waals surface area contributed by atoms with Gasteiger partial charge in [-0.25, -0.2) is 8.78 Å². The van der Waals surface area contributed by atoms with E-state index in [1.165, 1.54) is 6.07 Å². The van der Waals surface area contributed by atoms with E-state index in [4.69, 9.17) is 9.15 Å². The number of rotatable bonds is 6. The van der Waals surface area contributed by atoms with Gasteiger partial charge in [-0.1, -0.05) is 24.3 Å². The number of aliphatic hydroxyl groups is 1. The average Bonchev–Trinajstić information content (AvgIpc) is 2.78. The second-order valence-corrected chi connectivity index (χ2v) is 10.6. The lowest BCUT2D eigenvalue weighted by molar-refractivity contribution is -0.169. The molecule has 8 heteroatoms. The molecule has 2 atom stereocenters. The molecule has 0 bridgehead atoms. The van der Waals surface area contributed by atoms with Crippen LogP contribution in [0.4, 0.5) is 20.4 Å². The van der Waals surface area contributed by atoms with Crippen LogP contribution in [-0.2, 0) is 4.74 Å². The number of aliphatic hydroxyl groups excluding tert-OH is 1. The first-order chi connectivity index (χ1) is 16.8. The lowest BCUT2D eigenvalue weighted by atomic mass is 10.0. The molecule has 3 aromatic rings. The maximum Gasteiger partial charge on any atom is 0.251 e. The van der Waals surface area contributed by atoms with Gasteiger partial charge in [0, 0.05) is 48.8 Å². The summed E-state index contributed by atoms with van der Waals surface area (Å²) >= 11 is 0. The minimum absolute atomic E-state index is 0.121. The molecule has 0 radical (unpaired) electrons. The molecule has 1 aromatic heterocycles. The van der Waals surface area contributed by atoms with Gasteiger partial charge in [-0.05, 0) is 52.3 Å². The molecule has 4 rings (SSSR count). The standard InChI is InChI=1S/C28H34F2N2O4/c1-17-14-20(18(2)31-22-9-7-6-8-19(22)26(34)36-27(3,4)5)25-21(15-17)23(33)16-24(35-25)32-12-10-28(29,30)11-13-32/h6-9,14-16,18,26,31,34H,10-13H2,1-5H3/t18-,26?/m1/s1. The normalized spacial score (nSPS) is 17.7. The largest absolute Gasteiger partial charge is 0.440 e. The molecular weight excluding hydrogens is 466 g/mol. The van der Waals surface area contributed by atoms with Crippen LogP contribution in [0.5, 0.6) is 0 Å². The van der Waals surface area contributed by atoms with Gasteiger partial charge in [0.2, 0.25) is 0 Å². The van der Waals surface area contributed by atoms with E-state index in [-0.39, 0.29) is 37.4 Å². The highest BCUT2D eigenvalue weighted by Gasteiger charge is 2.35. The van der Waals surface area contributed by atoms with Gasteiger partial charge < -0.3 is 24.5 Å². The summed E-state index contributed by atoms with van der Waals surface area (Å²) in [6.45, 7) is 9.70. The number of benzene rings is 2. The number of hydrogen-bond donors (Lipinski definition) is 2. The number of hydrogen-bond acceptors (Lipinski definition) is 6. The van der Waals surface area contributed by atoms with Crippen molar-refractivity contribution in [2.24, 2.45) is 0 Å². The zero-order valence-corrected chi connectivity index (χ0v) is 21.4. The molecule has 36 heavy (non-hydrogen) atoms. The van der Waals surface area contributed by atoms with E-state index in [9.17, 15) is 18.7 Å². The smallest absolute Gasteiger partial charge is 0.251 e. The Bertz CT molecular complexity index is 1290. The SMILES string of the molecule is Cc1cc([C@@H](C)Nc2ccccc2C(O)OC(C)(C)C)c2oc(N3CCC(F)(F)CC3)cc(=O)c2c1. The highest BCUT2D eigenvalue weighted by atomic mass is 19.3. The van der Waals surface area contributed by atoms with Crippen molar-refractivity contribution in [3.63, 3.8) is 0 Å². The molecular formula is C28H34F2N2O4. The van der Waals surface area contributed by atoms with Gasteiger partial charge in [-0.2, -0.15) is 0 Å². The van der Waals surface area contributed by atoms with E-state index in [0.29, 0.717) is 28.1 Å². The summed E-state index contributed by atoms with van der Waals surface area (Å²) in [5.74, 6) is -2.39. The van der Waals surface area contributed by atoms with Crippen molar-refractivity contribution < 1.29 is 23.0 Å². The Labute approximate surface area is 209 Å². The van der Waals surface area contributed by atoms with Gasteiger partial charge >= 0.3 is 0 Å². The molecule has 1 aliphatic rings. The molecule has 0 saturated carbocycles. The zero-order chi connectivity index (χ0) is 26.3. The Morgan fingerprint density at radius 2 is 1.78 bits per heavy atom. The Morgan fingerprint density at radius 3 is 2.44 bits per heavy atom. The van der Waals surface area contributed by atoms with E-state index in [1.807, 2.05) is 58.9 Å². The molecule has 6 nitrogen and oxygen atoms in total. The maximum atomic E-state index is 13.7. The summed E-state index contributed by atoms with van der Waals surface area (Å²) in [6.07, 6.45) is -1.68. The Hall–Kier alpha value is -2.97. The Kier molecular flexibility index (Phi) is 7.12. The predicted octanol–water partition coefficient (Wildman–Crippen LogP) is 6.32. The van der Waals surface area contributed by atoms with Crippen LogP contribution in [0.3, 0.4) is 0 Å². The number of nitrogens with one attached hydrogen (secondary N) is 1. The van der Waals surface area contributed by atoms with Crippen LogP contribution in [0.15, 0.2) is 51.7 Å². The predicted molar refractivity (Wildman–Crippen MR) is 138 cm³/mol. The van der Waals surface area contributed by atoms with E-state index in [0.717, 1.165) is 11.1 Å². The van der Waals surface area contributed by atoms with Gasteiger partial charge in [0.15, 0.2) is 17.6 Å². The molecule has 194 valence electrons. The van der Waals surface area contributed by atoms with Crippen LogP contribution in [0.1, 0.15) is 69.6 Å². The minimum Gasteiger partial charge on any atom is -0.440 e. The fourth-order valence-corrected chi connectivity index (χ4v) is 4.51. The van der Waals surface area contributed by atoms with E-state index in [2.05, 4.69) is 5.32 Å². The van der Waals surface area contributed by atoms with Gasteiger partial charge in [0.1, 0.15) is 5.58 Å². The second-order valence-electron chi connectivity index (χ2n) is 10.6. The van der Waals surface area contributed by atoms with Crippen molar-refractivity contribution in [2.45, 2.75) is 71.3 Å². The molecule has 0 spiro atoms. The summed E-state index contributed by atoms with van der Waals surface area (Å²) in [5.41, 5.74) is 2.60. The van der Waals surface area contributed by atoms with Crippen LogP contribution in [0.2, 0.25) is 0 Å². The summed E-state index contributed by atoms with van der Waals surface area (Å²) in [7, 11) is 0. The van der Waals surface area contributed by atoms with Gasteiger partial charge in [-0.3, -0.25) is 4.79 Å². The van der Waals surface area contributed by atoms with Crippen LogP contribution in [-0.4, -0.2) is 29.7 Å². The number of alkyl halides is 2. The lowest BCUT2D eigenvalue weighted by Gasteiger charge is -2.32. The number of halogens is 2. The quantitative estimate of drug-likeness (QED) is 0.386. The molecule has 1 fully saturated rings. The molecule has 1 aliphatic heterocycles. The van der Waals surface area contributed by atoms with E-state index < -0.39 is 17.8 Å². The van der Waals surface area contributed by atoms with Crippen molar-refractivity contribution in [2.75, 3.05) is 23.3 Å². The van der Waals surface area contributed by atoms with Crippen molar-refractivity contribution in [3.05, 3.63) is 69.4 Å². The number of para-hydroxylation sites is 1. The fourth-order valence-electron chi connectivity index (χ4n) is 4.51. The highest BCUT2D eigenvalue weighted by molar-refractivity contribution is 5.82. The van der Waals surface area contributed by atoms with Gasteiger partial charge in [0.05, 0.1) is 17.0 Å². The molecule has 2 heterocycles. The fraction of sp³-hybridized carbons (Fsp3) is 0.464. The first-order valence-electron chi connectivity index (χ1n) is 12.3. The van der Waals surface area contributed by atoms with Crippen molar-refractivity contribution in [1.29, 1.82) is 0 Å². The monoisotopic (exact) mass is 500 g/mol.